The highest BCUT2D eigenvalue weighted by molar-refractivity contribution is 5.86. The number of rotatable bonds is 9. The first-order valence-electron chi connectivity index (χ1n) is 14.4. The van der Waals surface area contributed by atoms with Gasteiger partial charge in [-0.1, -0.05) is 68.4 Å². The van der Waals surface area contributed by atoms with Gasteiger partial charge < -0.3 is 15.0 Å². The second-order valence-electron chi connectivity index (χ2n) is 11.6. The highest BCUT2D eigenvalue weighted by atomic mass is 16.3. The maximum absolute atomic E-state index is 13.5. The number of hydrogen-bond donors (Lipinski definition) is 2. The van der Waals surface area contributed by atoms with Crippen LogP contribution in [0.25, 0.3) is 11.0 Å². The number of aromatic nitrogens is 2. The average molecular weight is 524 g/mol. The lowest BCUT2D eigenvalue weighted by Crippen LogP contribution is -2.35. The largest absolute Gasteiger partial charge is 0.394 e. The summed E-state index contributed by atoms with van der Waals surface area (Å²) >= 11 is 0. The Balaban J connectivity index is 1.41. The lowest BCUT2D eigenvalue weighted by Gasteiger charge is -2.23. The van der Waals surface area contributed by atoms with Gasteiger partial charge >= 0.3 is 0 Å². The number of pyridine rings is 1. The molecule has 1 unspecified atom stereocenters. The van der Waals surface area contributed by atoms with Gasteiger partial charge in [0.2, 0.25) is 5.91 Å². The van der Waals surface area contributed by atoms with E-state index in [1.807, 2.05) is 30.3 Å². The summed E-state index contributed by atoms with van der Waals surface area (Å²) < 4.78 is 2.43. The first-order valence-corrected chi connectivity index (χ1v) is 14.4. The quantitative estimate of drug-likeness (QED) is 0.261. The van der Waals surface area contributed by atoms with Crippen molar-refractivity contribution in [1.29, 1.82) is 0 Å². The van der Waals surface area contributed by atoms with Crippen molar-refractivity contribution in [3.8, 4) is 0 Å². The summed E-state index contributed by atoms with van der Waals surface area (Å²) in [6, 6.07) is 20.0. The molecule has 2 aromatic heterocycles. The Hall–Kier alpha value is -3.44. The molecule has 204 valence electrons. The highest BCUT2D eigenvalue weighted by Gasteiger charge is 2.26. The monoisotopic (exact) mass is 523 g/mol. The molecule has 0 aliphatic heterocycles. The van der Waals surface area contributed by atoms with Crippen LogP contribution in [0.4, 0.5) is 0 Å². The lowest BCUT2D eigenvalue weighted by atomic mass is 9.88. The maximum Gasteiger partial charge on any atom is 0.228 e. The summed E-state index contributed by atoms with van der Waals surface area (Å²) in [5.74, 6) is 0.0453. The molecule has 5 nitrogen and oxygen atoms in total. The van der Waals surface area contributed by atoms with Gasteiger partial charge in [-0.25, -0.2) is 4.98 Å². The van der Waals surface area contributed by atoms with Crippen molar-refractivity contribution in [2.45, 2.75) is 78.3 Å². The molecule has 1 aliphatic carbocycles. The number of carbonyl (C=O) groups is 1. The maximum atomic E-state index is 13.5. The zero-order valence-electron chi connectivity index (χ0n) is 23.7. The van der Waals surface area contributed by atoms with E-state index < -0.39 is 6.04 Å². The second kappa shape index (κ2) is 11.7. The molecule has 1 amide bonds. The van der Waals surface area contributed by atoms with Crippen LogP contribution in [-0.2, 0) is 24.2 Å². The van der Waals surface area contributed by atoms with E-state index in [1.54, 1.807) is 0 Å². The molecule has 0 fully saturated rings. The third-order valence-corrected chi connectivity index (χ3v) is 8.09. The molecular formula is C34H41N3O2. The smallest absolute Gasteiger partial charge is 0.228 e. The third-order valence-electron chi connectivity index (χ3n) is 8.09. The van der Waals surface area contributed by atoms with Gasteiger partial charge in [-0.05, 0) is 85.8 Å². The molecule has 2 atom stereocenters. The van der Waals surface area contributed by atoms with Crippen LogP contribution in [0.15, 0.2) is 60.7 Å². The predicted octanol–water partition coefficient (Wildman–Crippen LogP) is 6.56. The van der Waals surface area contributed by atoms with E-state index in [4.69, 9.17) is 4.98 Å². The van der Waals surface area contributed by atoms with Gasteiger partial charge in [0.05, 0.1) is 18.6 Å². The number of fused-ring (bicyclic) bond motifs is 3. The SMILES string of the molecule is Cc1cc(C)c2c3c(n(Cc4ccc(C(CC(C)C)C(=O)N[C@@H](CO)c5ccccc5)cc4)c2n1)CCCC3. The zero-order chi connectivity index (χ0) is 27.5. The molecule has 2 aromatic carbocycles. The van der Waals surface area contributed by atoms with E-state index >= 15 is 0 Å². The Morgan fingerprint density at radius 3 is 2.41 bits per heavy atom. The van der Waals surface area contributed by atoms with Crippen LogP contribution in [0.5, 0.6) is 0 Å². The van der Waals surface area contributed by atoms with Gasteiger partial charge in [-0.3, -0.25) is 4.79 Å². The highest BCUT2D eigenvalue weighted by Crippen LogP contribution is 2.34. The summed E-state index contributed by atoms with van der Waals surface area (Å²) in [4.78, 5) is 18.5. The van der Waals surface area contributed by atoms with Crippen LogP contribution in [0.2, 0.25) is 0 Å². The minimum atomic E-state index is -0.416. The van der Waals surface area contributed by atoms with E-state index in [-0.39, 0.29) is 18.4 Å². The van der Waals surface area contributed by atoms with E-state index in [2.05, 4.69) is 67.9 Å². The molecule has 2 heterocycles. The molecule has 0 saturated heterocycles. The normalized spacial score (nSPS) is 14.8. The van der Waals surface area contributed by atoms with Crippen LogP contribution < -0.4 is 5.32 Å². The molecule has 5 rings (SSSR count). The van der Waals surface area contributed by atoms with Crippen molar-refractivity contribution in [2.75, 3.05) is 6.61 Å². The number of aryl methyl sites for hydroxylation is 3. The number of nitrogens with one attached hydrogen (secondary N) is 1. The minimum Gasteiger partial charge on any atom is -0.394 e. The van der Waals surface area contributed by atoms with E-state index in [0.717, 1.165) is 48.3 Å². The fraction of sp³-hybridized carbons (Fsp3) is 0.412. The molecule has 5 heteroatoms. The predicted molar refractivity (Wildman–Crippen MR) is 158 cm³/mol. The van der Waals surface area contributed by atoms with Gasteiger partial charge in [-0.15, -0.1) is 0 Å². The molecule has 0 radical (unpaired) electrons. The van der Waals surface area contributed by atoms with Crippen molar-refractivity contribution in [2.24, 2.45) is 5.92 Å². The van der Waals surface area contributed by atoms with Crippen LogP contribution in [0.3, 0.4) is 0 Å². The minimum absolute atomic E-state index is 0.0417. The Kier molecular flexibility index (Phi) is 8.18. The van der Waals surface area contributed by atoms with Crippen molar-refractivity contribution >= 4 is 16.9 Å². The lowest BCUT2D eigenvalue weighted by molar-refractivity contribution is -0.124. The fourth-order valence-corrected chi connectivity index (χ4v) is 6.24. The van der Waals surface area contributed by atoms with Gasteiger partial charge in [0, 0.05) is 23.3 Å². The first-order chi connectivity index (χ1) is 18.9. The van der Waals surface area contributed by atoms with Crippen molar-refractivity contribution in [1.82, 2.24) is 14.9 Å². The van der Waals surface area contributed by atoms with Gasteiger partial charge in [0.1, 0.15) is 5.65 Å². The molecule has 0 spiro atoms. The second-order valence-corrected chi connectivity index (χ2v) is 11.6. The molecular weight excluding hydrogens is 482 g/mol. The summed E-state index contributed by atoms with van der Waals surface area (Å²) in [7, 11) is 0. The number of hydrogen-bond acceptors (Lipinski definition) is 3. The number of aliphatic hydroxyl groups excluding tert-OH is 1. The molecule has 0 saturated carbocycles. The van der Waals surface area contributed by atoms with Crippen LogP contribution in [-0.4, -0.2) is 27.2 Å². The van der Waals surface area contributed by atoms with Crippen LogP contribution in [0, 0.1) is 19.8 Å². The zero-order valence-corrected chi connectivity index (χ0v) is 23.7. The summed E-state index contributed by atoms with van der Waals surface area (Å²) in [6.45, 7) is 9.23. The average Bonchev–Trinajstić information content (AvgIpc) is 3.24. The van der Waals surface area contributed by atoms with Gasteiger partial charge in [0.15, 0.2) is 0 Å². The number of benzene rings is 2. The number of amides is 1. The molecule has 39 heavy (non-hydrogen) atoms. The number of carbonyl (C=O) groups excluding carboxylic acids is 1. The number of aliphatic hydroxyl groups is 1. The van der Waals surface area contributed by atoms with Gasteiger partial charge in [-0.2, -0.15) is 0 Å². The van der Waals surface area contributed by atoms with Crippen molar-refractivity contribution in [3.63, 3.8) is 0 Å². The summed E-state index contributed by atoms with van der Waals surface area (Å²) in [5, 5.41) is 14.4. The Morgan fingerprint density at radius 1 is 1.00 bits per heavy atom. The van der Waals surface area contributed by atoms with Crippen molar-refractivity contribution < 1.29 is 9.90 Å². The van der Waals surface area contributed by atoms with Gasteiger partial charge in [0.25, 0.3) is 0 Å². The first kappa shape index (κ1) is 27.1. The van der Waals surface area contributed by atoms with Crippen molar-refractivity contribution in [3.05, 3.63) is 99.9 Å². The molecule has 2 N–H and O–H groups in total. The number of nitrogens with zero attached hydrogens (tertiary/aromatic N) is 2. The Bertz CT molecular complexity index is 1440. The van der Waals surface area contributed by atoms with E-state index in [0.29, 0.717) is 5.92 Å². The Morgan fingerprint density at radius 2 is 1.72 bits per heavy atom. The summed E-state index contributed by atoms with van der Waals surface area (Å²) in [5.41, 5.74) is 9.56. The Labute approximate surface area is 232 Å². The topological polar surface area (TPSA) is 67.2 Å². The third kappa shape index (κ3) is 5.79. The summed E-state index contributed by atoms with van der Waals surface area (Å²) in [6.07, 6.45) is 5.45. The molecule has 0 bridgehead atoms. The molecule has 4 aromatic rings. The molecule has 1 aliphatic rings. The van der Waals surface area contributed by atoms with Crippen LogP contribution >= 0.6 is 0 Å². The fourth-order valence-electron chi connectivity index (χ4n) is 6.24. The van der Waals surface area contributed by atoms with E-state index in [1.165, 1.54) is 40.6 Å². The van der Waals surface area contributed by atoms with Crippen LogP contribution in [0.1, 0.15) is 84.3 Å². The standard InChI is InChI=1S/C34H41N3O2/c1-22(2)18-29(34(39)36-30(21-38)27-10-6-5-7-11-27)26-16-14-25(15-17-26)20-37-31-13-9-8-12-28(31)32-23(3)19-24(4)35-33(32)37/h5-7,10-11,14-17,19,22,29-30,38H,8-9,12-13,18,20-21H2,1-4H3,(H,36,39)/t29?,30-/m0/s1. The van der Waals surface area contributed by atoms with E-state index in [9.17, 15) is 9.90 Å².